The van der Waals surface area contributed by atoms with Gasteiger partial charge >= 0.3 is 0 Å². The number of nitrogens with zero attached hydrogens (tertiary/aromatic N) is 2. The van der Waals surface area contributed by atoms with E-state index in [2.05, 4.69) is 33.7 Å². The number of hydrogen-bond acceptors (Lipinski definition) is 5. The molecule has 2 saturated heterocycles. The van der Waals surface area contributed by atoms with Crippen LogP contribution in [0.1, 0.15) is 84.7 Å². The van der Waals surface area contributed by atoms with Crippen molar-refractivity contribution < 1.29 is 19.2 Å². The summed E-state index contributed by atoms with van der Waals surface area (Å²) in [6, 6.07) is 13.2. The number of piperidine rings is 2. The van der Waals surface area contributed by atoms with Gasteiger partial charge in [0.2, 0.25) is 11.8 Å². The largest absolute Gasteiger partial charge is 0.371 e. The number of anilines is 1. The van der Waals surface area contributed by atoms with Gasteiger partial charge < -0.3 is 15.1 Å². The quantitative estimate of drug-likeness (QED) is 0.554. The Hall–Kier alpha value is -3.68. The van der Waals surface area contributed by atoms with E-state index < -0.39 is 6.04 Å². The Balaban J connectivity index is 1.15. The number of nitrogens with one attached hydrogen (secondary N) is 2. The summed E-state index contributed by atoms with van der Waals surface area (Å²) in [4.78, 5) is 53.5. The second-order valence-corrected chi connectivity index (χ2v) is 12.1. The van der Waals surface area contributed by atoms with Gasteiger partial charge in [-0.05, 0) is 88.6 Å². The van der Waals surface area contributed by atoms with Crippen molar-refractivity contribution in [3.8, 4) is 0 Å². The van der Waals surface area contributed by atoms with Crippen LogP contribution in [0.15, 0.2) is 42.5 Å². The zero-order valence-electron chi connectivity index (χ0n) is 23.1. The minimum absolute atomic E-state index is 0.0456. The maximum atomic E-state index is 13.2. The minimum atomic E-state index is -0.594. The topological polar surface area (TPSA) is 98.8 Å². The zero-order valence-corrected chi connectivity index (χ0v) is 23.1. The summed E-state index contributed by atoms with van der Waals surface area (Å²) < 4.78 is 0. The molecule has 2 aromatic rings. The maximum Gasteiger partial charge on any atom is 0.255 e. The van der Waals surface area contributed by atoms with Crippen molar-refractivity contribution >= 4 is 29.3 Å². The molecule has 5 rings (SSSR count). The van der Waals surface area contributed by atoms with Crippen LogP contribution in [0.3, 0.4) is 0 Å². The van der Waals surface area contributed by atoms with Crippen LogP contribution in [0.25, 0.3) is 0 Å². The molecule has 3 aliphatic heterocycles. The Morgan fingerprint density at radius 2 is 1.72 bits per heavy atom. The van der Waals surface area contributed by atoms with Crippen LogP contribution in [0.5, 0.6) is 0 Å². The SMILES string of the molecule is CC(C)(C)NC(=O)c1ccc(CCC2CCN(c3cccc4c3CN(C3CCC(=O)NC3=O)C4=O)CC2)cc1. The molecule has 3 heterocycles. The first-order valence-corrected chi connectivity index (χ1v) is 14.0. The molecular weight excluding hydrogens is 492 g/mol. The molecule has 0 spiro atoms. The molecule has 0 saturated carbocycles. The second-order valence-electron chi connectivity index (χ2n) is 12.1. The summed E-state index contributed by atoms with van der Waals surface area (Å²) in [5.41, 5.74) is 4.41. The number of carbonyl (C=O) groups is 4. The second kappa shape index (κ2) is 10.8. The van der Waals surface area contributed by atoms with Crippen LogP contribution >= 0.6 is 0 Å². The summed E-state index contributed by atoms with van der Waals surface area (Å²) in [6.07, 6.45) is 4.89. The Bertz CT molecular complexity index is 1270. The molecule has 1 atom stereocenters. The summed E-state index contributed by atoms with van der Waals surface area (Å²) in [5, 5.41) is 5.38. The lowest BCUT2D eigenvalue weighted by atomic mass is 9.90. The molecule has 206 valence electrons. The van der Waals surface area contributed by atoms with Gasteiger partial charge in [0.25, 0.3) is 11.8 Å². The number of benzene rings is 2. The van der Waals surface area contributed by atoms with Gasteiger partial charge in [-0.2, -0.15) is 0 Å². The average Bonchev–Trinajstić information content (AvgIpc) is 3.23. The third-order valence-electron chi connectivity index (χ3n) is 8.06. The van der Waals surface area contributed by atoms with Gasteiger partial charge in [0.15, 0.2) is 0 Å². The molecule has 8 nitrogen and oxygen atoms in total. The van der Waals surface area contributed by atoms with E-state index in [1.54, 1.807) is 4.90 Å². The van der Waals surface area contributed by atoms with E-state index in [-0.39, 0.29) is 35.6 Å². The maximum absolute atomic E-state index is 13.2. The molecule has 39 heavy (non-hydrogen) atoms. The van der Waals surface area contributed by atoms with Crippen molar-refractivity contribution in [1.82, 2.24) is 15.5 Å². The molecule has 2 fully saturated rings. The van der Waals surface area contributed by atoms with Crippen LogP contribution in [-0.2, 0) is 22.6 Å². The standard InChI is InChI=1S/C31H38N4O4/c1-31(2,3)33-28(37)22-11-9-20(10-12-22)7-8-21-15-17-34(18-16-21)25-6-4-5-23-24(25)19-35(30(23)39)26-13-14-27(36)32-29(26)38/h4-6,9-12,21,26H,7-8,13-19H2,1-3H3,(H,33,37)(H,32,36,38). The lowest BCUT2D eigenvalue weighted by Crippen LogP contribution is -2.52. The molecule has 1 unspecified atom stereocenters. The van der Waals surface area contributed by atoms with Gasteiger partial charge in [0.1, 0.15) is 6.04 Å². The van der Waals surface area contributed by atoms with E-state index in [9.17, 15) is 19.2 Å². The van der Waals surface area contributed by atoms with Gasteiger partial charge in [-0.3, -0.25) is 24.5 Å². The number of carbonyl (C=O) groups excluding carboxylic acids is 4. The highest BCUT2D eigenvalue weighted by Gasteiger charge is 2.40. The van der Waals surface area contributed by atoms with Crippen LogP contribution < -0.4 is 15.5 Å². The van der Waals surface area contributed by atoms with Crippen LogP contribution in [-0.4, -0.2) is 53.2 Å². The third-order valence-corrected chi connectivity index (χ3v) is 8.06. The molecule has 0 aliphatic carbocycles. The van der Waals surface area contributed by atoms with Crippen molar-refractivity contribution in [2.24, 2.45) is 5.92 Å². The molecule has 3 aliphatic rings. The van der Waals surface area contributed by atoms with E-state index >= 15 is 0 Å². The predicted octanol–water partition coefficient (Wildman–Crippen LogP) is 3.83. The summed E-state index contributed by atoms with van der Waals surface area (Å²) >= 11 is 0. The average molecular weight is 531 g/mol. The summed E-state index contributed by atoms with van der Waals surface area (Å²) in [6.45, 7) is 8.20. The number of fused-ring (bicyclic) bond motifs is 1. The first kappa shape index (κ1) is 26.9. The monoisotopic (exact) mass is 530 g/mol. The fraction of sp³-hybridized carbons (Fsp3) is 0.484. The van der Waals surface area contributed by atoms with Gasteiger partial charge in [0, 0.05) is 54.0 Å². The lowest BCUT2D eigenvalue weighted by Gasteiger charge is -2.35. The van der Waals surface area contributed by atoms with Gasteiger partial charge in [0.05, 0.1) is 0 Å². The van der Waals surface area contributed by atoms with E-state index in [0.29, 0.717) is 30.0 Å². The highest BCUT2D eigenvalue weighted by Crippen LogP contribution is 2.36. The zero-order chi connectivity index (χ0) is 27.7. The third kappa shape index (κ3) is 6.00. The van der Waals surface area contributed by atoms with Crippen LogP contribution in [0, 0.1) is 5.92 Å². The molecular formula is C31H38N4O4. The van der Waals surface area contributed by atoms with Crippen molar-refractivity contribution in [3.05, 3.63) is 64.7 Å². The number of imide groups is 1. The van der Waals surface area contributed by atoms with E-state index in [0.717, 1.165) is 50.0 Å². The summed E-state index contributed by atoms with van der Waals surface area (Å²) in [7, 11) is 0. The Kier molecular flexibility index (Phi) is 7.47. The predicted molar refractivity (Wildman–Crippen MR) is 149 cm³/mol. The molecule has 0 bridgehead atoms. The highest BCUT2D eigenvalue weighted by atomic mass is 16.2. The van der Waals surface area contributed by atoms with Gasteiger partial charge in [-0.15, -0.1) is 0 Å². The van der Waals surface area contributed by atoms with Crippen molar-refractivity contribution in [1.29, 1.82) is 0 Å². The molecule has 0 aromatic heterocycles. The fourth-order valence-corrected chi connectivity index (χ4v) is 5.93. The minimum Gasteiger partial charge on any atom is -0.371 e. The lowest BCUT2D eigenvalue weighted by molar-refractivity contribution is -0.136. The van der Waals surface area contributed by atoms with Gasteiger partial charge in [-0.25, -0.2) is 0 Å². The number of hydrogen-bond donors (Lipinski definition) is 2. The molecule has 2 aromatic carbocycles. The highest BCUT2D eigenvalue weighted by molar-refractivity contribution is 6.06. The molecule has 8 heteroatoms. The Morgan fingerprint density at radius 1 is 1.00 bits per heavy atom. The van der Waals surface area contributed by atoms with E-state index in [1.165, 1.54) is 5.56 Å². The Labute approximate surface area is 230 Å². The number of amides is 4. The van der Waals surface area contributed by atoms with E-state index in [1.807, 2.05) is 45.0 Å². The van der Waals surface area contributed by atoms with Crippen LogP contribution in [0.2, 0.25) is 0 Å². The van der Waals surface area contributed by atoms with Crippen molar-refractivity contribution in [3.63, 3.8) is 0 Å². The molecule has 2 N–H and O–H groups in total. The first-order valence-electron chi connectivity index (χ1n) is 14.0. The number of rotatable bonds is 6. The van der Waals surface area contributed by atoms with Crippen molar-refractivity contribution in [2.75, 3.05) is 18.0 Å². The molecule has 0 radical (unpaired) electrons. The summed E-state index contributed by atoms with van der Waals surface area (Å²) in [5.74, 6) is -0.195. The first-order chi connectivity index (χ1) is 18.6. The fourth-order valence-electron chi connectivity index (χ4n) is 5.93. The van der Waals surface area contributed by atoms with Crippen LogP contribution in [0.4, 0.5) is 5.69 Å². The Morgan fingerprint density at radius 3 is 2.38 bits per heavy atom. The van der Waals surface area contributed by atoms with E-state index in [4.69, 9.17) is 0 Å². The number of aryl methyl sites for hydroxylation is 1. The molecule has 4 amide bonds. The smallest absolute Gasteiger partial charge is 0.255 e. The normalized spacial score (nSPS) is 20.2. The van der Waals surface area contributed by atoms with Crippen molar-refractivity contribution in [2.45, 2.75) is 77.4 Å². The van der Waals surface area contributed by atoms with Gasteiger partial charge in [-0.1, -0.05) is 18.2 Å².